The number of carboxylic acid groups (broad SMARTS) is 1. The second-order valence-electron chi connectivity index (χ2n) is 3.49. The van der Waals surface area contributed by atoms with Crippen LogP contribution >= 0.6 is 0 Å². The lowest BCUT2D eigenvalue weighted by molar-refractivity contribution is -0.142. The van der Waals surface area contributed by atoms with Gasteiger partial charge < -0.3 is 14.3 Å². The molecule has 1 heterocycles. The van der Waals surface area contributed by atoms with E-state index < -0.39 is 5.97 Å². The Bertz CT molecular complexity index is 486. The molecule has 4 nitrogen and oxygen atoms in total. The standard InChI is InChI=1S/C12H12O4/c13-12(14)8-15-5-3-9-1-2-11-10(7-9)4-6-16-11/h1-2,4,6-7H,3,5,8H2,(H,13,14). The lowest BCUT2D eigenvalue weighted by atomic mass is 10.1. The van der Waals surface area contributed by atoms with Gasteiger partial charge in [0.2, 0.25) is 0 Å². The highest BCUT2D eigenvalue weighted by Gasteiger charge is 2.00. The van der Waals surface area contributed by atoms with Gasteiger partial charge in [-0.25, -0.2) is 4.79 Å². The second kappa shape index (κ2) is 4.81. The monoisotopic (exact) mass is 220 g/mol. The van der Waals surface area contributed by atoms with Crippen molar-refractivity contribution >= 4 is 16.9 Å². The fourth-order valence-electron chi connectivity index (χ4n) is 1.52. The van der Waals surface area contributed by atoms with Crippen LogP contribution in [0.2, 0.25) is 0 Å². The van der Waals surface area contributed by atoms with Crippen LogP contribution in [0.4, 0.5) is 0 Å². The summed E-state index contributed by atoms with van der Waals surface area (Å²) in [5.41, 5.74) is 1.97. The van der Waals surface area contributed by atoms with Crippen LogP contribution in [0, 0.1) is 0 Å². The first-order valence-corrected chi connectivity index (χ1v) is 5.01. The average Bonchev–Trinajstić information content (AvgIpc) is 2.71. The van der Waals surface area contributed by atoms with Crippen LogP contribution in [0.1, 0.15) is 5.56 Å². The molecule has 0 aliphatic carbocycles. The minimum atomic E-state index is -0.940. The summed E-state index contributed by atoms with van der Waals surface area (Å²) in [6.45, 7) is 0.170. The number of rotatable bonds is 5. The van der Waals surface area contributed by atoms with Crippen molar-refractivity contribution in [2.75, 3.05) is 13.2 Å². The molecular formula is C12H12O4. The van der Waals surface area contributed by atoms with E-state index in [2.05, 4.69) is 0 Å². The van der Waals surface area contributed by atoms with Crippen molar-refractivity contribution in [2.45, 2.75) is 6.42 Å². The number of furan rings is 1. The molecule has 84 valence electrons. The molecule has 0 amide bonds. The number of aliphatic carboxylic acids is 1. The van der Waals surface area contributed by atoms with Crippen molar-refractivity contribution in [1.29, 1.82) is 0 Å². The number of hydrogen-bond acceptors (Lipinski definition) is 3. The number of hydrogen-bond donors (Lipinski definition) is 1. The van der Waals surface area contributed by atoms with E-state index >= 15 is 0 Å². The van der Waals surface area contributed by atoms with E-state index in [-0.39, 0.29) is 6.61 Å². The summed E-state index contributed by atoms with van der Waals surface area (Å²) in [5, 5.41) is 9.44. The van der Waals surface area contributed by atoms with E-state index in [1.807, 2.05) is 24.3 Å². The zero-order valence-corrected chi connectivity index (χ0v) is 8.68. The van der Waals surface area contributed by atoms with Crippen molar-refractivity contribution in [3.05, 3.63) is 36.1 Å². The van der Waals surface area contributed by atoms with Gasteiger partial charge in [0.05, 0.1) is 12.9 Å². The van der Waals surface area contributed by atoms with Crippen molar-refractivity contribution < 1.29 is 19.1 Å². The lowest BCUT2D eigenvalue weighted by Gasteiger charge is -2.01. The van der Waals surface area contributed by atoms with Crippen molar-refractivity contribution in [3.63, 3.8) is 0 Å². The second-order valence-corrected chi connectivity index (χ2v) is 3.49. The third-order valence-corrected chi connectivity index (χ3v) is 2.28. The van der Waals surface area contributed by atoms with E-state index in [0.717, 1.165) is 16.5 Å². The average molecular weight is 220 g/mol. The Kier molecular flexibility index (Phi) is 3.22. The normalized spacial score (nSPS) is 10.8. The van der Waals surface area contributed by atoms with Gasteiger partial charge >= 0.3 is 5.97 Å². The Labute approximate surface area is 92.4 Å². The quantitative estimate of drug-likeness (QED) is 0.783. The zero-order valence-electron chi connectivity index (χ0n) is 8.68. The van der Waals surface area contributed by atoms with Gasteiger partial charge in [0.25, 0.3) is 0 Å². The van der Waals surface area contributed by atoms with Gasteiger partial charge in [-0.3, -0.25) is 0 Å². The molecule has 0 saturated carbocycles. The summed E-state index contributed by atoms with van der Waals surface area (Å²) in [4.78, 5) is 10.2. The summed E-state index contributed by atoms with van der Waals surface area (Å²) in [7, 11) is 0. The molecule has 0 aliphatic heterocycles. The minimum Gasteiger partial charge on any atom is -0.480 e. The Balaban J connectivity index is 1.91. The van der Waals surface area contributed by atoms with Crippen molar-refractivity contribution in [2.24, 2.45) is 0 Å². The Morgan fingerprint density at radius 3 is 3.06 bits per heavy atom. The van der Waals surface area contributed by atoms with Crippen LogP contribution in [-0.2, 0) is 16.0 Å². The molecule has 0 unspecified atom stereocenters. The molecule has 0 fully saturated rings. The van der Waals surface area contributed by atoms with Crippen LogP contribution in [0.5, 0.6) is 0 Å². The first-order valence-electron chi connectivity index (χ1n) is 5.01. The van der Waals surface area contributed by atoms with Gasteiger partial charge in [-0.1, -0.05) is 6.07 Å². The van der Waals surface area contributed by atoms with Crippen LogP contribution in [0.25, 0.3) is 11.0 Å². The smallest absolute Gasteiger partial charge is 0.329 e. The third kappa shape index (κ3) is 2.61. The molecule has 1 aromatic heterocycles. The largest absolute Gasteiger partial charge is 0.480 e. The maximum Gasteiger partial charge on any atom is 0.329 e. The fourth-order valence-corrected chi connectivity index (χ4v) is 1.52. The minimum absolute atomic E-state index is 0.242. The topological polar surface area (TPSA) is 59.7 Å². The van der Waals surface area contributed by atoms with Gasteiger partial charge in [0.1, 0.15) is 12.2 Å². The molecule has 0 atom stereocenters. The third-order valence-electron chi connectivity index (χ3n) is 2.28. The number of carbonyl (C=O) groups is 1. The molecule has 2 aromatic rings. The highest BCUT2D eigenvalue weighted by atomic mass is 16.5. The van der Waals surface area contributed by atoms with Crippen molar-refractivity contribution in [1.82, 2.24) is 0 Å². The first-order chi connectivity index (χ1) is 7.75. The summed E-state index contributed by atoms with van der Waals surface area (Å²) >= 11 is 0. The van der Waals surface area contributed by atoms with Crippen LogP contribution < -0.4 is 0 Å². The highest BCUT2D eigenvalue weighted by Crippen LogP contribution is 2.17. The zero-order chi connectivity index (χ0) is 11.4. The summed E-state index contributed by atoms with van der Waals surface area (Å²) < 4.78 is 10.2. The van der Waals surface area contributed by atoms with E-state index in [0.29, 0.717) is 13.0 Å². The van der Waals surface area contributed by atoms with E-state index in [9.17, 15) is 4.79 Å². The fraction of sp³-hybridized carbons (Fsp3) is 0.250. The van der Waals surface area contributed by atoms with Crippen LogP contribution in [-0.4, -0.2) is 24.3 Å². The predicted molar refractivity (Wildman–Crippen MR) is 58.4 cm³/mol. The summed E-state index contributed by atoms with van der Waals surface area (Å²) in [6, 6.07) is 7.78. The van der Waals surface area contributed by atoms with Crippen LogP contribution in [0.3, 0.4) is 0 Å². The Morgan fingerprint density at radius 1 is 1.38 bits per heavy atom. The van der Waals surface area contributed by atoms with Gasteiger partial charge in [-0.2, -0.15) is 0 Å². The lowest BCUT2D eigenvalue weighted by Crippen LogP contribution is -2.08. The van der Waals surface area contributed by atoms with Crippen molar-refractivity contribution in [3.8, 4) is 0 Å². The van der Waals surface area contributed by atoms with Gasteiger partial charge in [-0.15, -0.1) is 0 Å². The Morgan fingerprint density at radius 2 is 2.25 bits per heavy atom. The summed E-state index contributed by atoms with van der Waals surface area (Å²) in [6.07, 6.45) is 2.35. The van der Waals surface area contributed by atoms with E-state index in [1.54, 1.807) is 6.26 Å². The molecule has 4 heteroatoms. The molecule has 1 aromatic carbocycles. The molecule has 0 aliphatic rings. The molecule has 0 saturated heterocycles. The molecule has 1 N–H and O–H groups in total. The van der Waals surface area contributed by atoms with Gasteiger partial charge in [0, 0.05) is 5.39 Å². The summed E-state index contributed by atoms with van der Waals surface area (Å²) in [5.74, 6) is -0.940. The first kappa shape index (κ1) is 10.7. The highest BCUT2D eigenvalue weighted by molar-refractivity contribution is 5.77. The molecule has 0 spiro atoms. The van der Waals surface area contributed by atoms with E-state index in [4.69, 9.17) is 14.3 Å². The number of fused-ring (bicyclic) bond motifs is 1. The molecular weight excluding hydrogens is 208 g/mol. The molecule has 2 rings (SSSR count). The van der Waals surface area contributed by atoms with Gasteiger partial charge in [0.15, 0.2) is 0 Å². The molecule has 16 heavy (non-hydrogen) atoms. The number of benzene rings is 1. The van der Waals surface area contributed by atoms with Crippen LogP contribution in [0.15, 0.2) is 34.9 Å². The molecule has 0 radical (unpaired) electrons. The SMILES string of the molecule is O=C(O)COCCc1ccc2occc2c1. The predicted octanol–water partition coefficient (Wildman–Crippen LogP) is 2.08. The van der Waals surface area contributed by atoms with Gasteiger partial charge in [-0.05, 0) is 30.2 Å². The molecule has 0 bridgehead atoms. The maximum atomic E-state index is 10.2. The van der Waals surface area contributed by atoms with E-state index in [1.165, 1.54) is 0 Å². The Hall–Kier alpha value is -1.81. The number of carboxylic acids is 1. The maximum absolute atomic E-state index is 10.2. The number of ether oxygens (including phenoxy) is 1.